The minimum atomic E-state index is 0.723. The summed E-state index contributed by atoms with van der Waals surface area (Å²) in [6, 6.07) is 8.46. The molecule has 1 N–H and O–H groups in total. The summed E-state index contributed by atoms with van der Waals surface area (Å²) in [6.45, 7) is 2.41. The van der Waals surface area contributed by atoms with E-state index in [1.165, 1.54) is 25.1 Å². The van der Waals surface area contributed by atoms with Gasteiger partial charge in [-0.2, -0.15) is 0 Å². The first-order chi connectivity index (χ1) is 7.40. The number of fused-ring (bicyclic) bond motifs is 1. The van der Waals surface area contributed by atoms with Crippen LogP contribution in [0.3, 0.4) is 0 Å². The largest absolute Gasteiger partial charge is 0.496 e. The molecule has 2 aliphatic rings. The van der Waals surface area contributed by atoms with Crippen LogP contribution in [0.4, 0.5) is 0 Å². The molecular formula is C13H17NO. The van der Waals surface area contributed by atoms with Gasteiger partial charge in [-0.1, -0.05) is 18.2 Å². The number of nitrogens with one attached hydrogen (secondary N) is 1. The molecule has 0 unspecified atom stereocenters. The van der Waals surface area contributed by atoms with Gasteiger partial charge < -0.3 is 10.1 Å². The normalized spacial score (nSPS) is 33.3. The SMILES string of the molecule is COc1ccccc1[C@@H]1C[C@H]2CNC[C@@H]21. The van der Waals surface area contributed by atoms with Crippen molar-refractivity contribution in [2.75, 3.05) is 20.2 Å². The number of methoxy groups -OCH3 is 1. The zero-order valence-corrected chi connectivity index (χ0v) is 9.07. The van der Waals surface area contributed by atoms with Crippen LogP contribution in [-0.4, -0.2) is 20.2 Å². The molecule has 1 aliphatic carbocycles. The number of ether oxygens (including phenoxy) is 1. The second-order valence-electron chi connectivity index (χ2n) is 4.67. The molecule has 0 amide bonds. The van der Waals surface area contributed by atoms with E-state index in [9.17, 15) is 0 Å². The lowest BCUT2D eigenvalue weighted by Gasteiger charge is -2.40. The summed E-state index contributed by atoms with van der Waals surface area (Å²) < 4.78 is 5.43. The van der Waals surface area contributed by atoms with Crippen LogP contribution in [0.25, 0.3) is 0 Å². The van der Waals surface area contributed by atoms with Crippen molar-refractivity contribution in [3.05, 3.63) is 29.8 Å². The standard InChI is InChI=1S/C13H17NO/c1-15-13-5-3-2-4-10(13)11-6-9-7-14-8-12(9)11/h2-5,9,11-12,14H,6-8H2,1H3/t9-,11-,12-/m0/s1. The van der Waals surface area contributed by atoms with Crippen molar-refractivity contribution < 1.29 is 4.74 Å². The second-order valence-corrected chi connectivity index (χ2v) is 4.67. The Bertz CT molecular complexity index is 363. The molecule has 1 aromatic rings. The Labute approximate surface area is 90.6 Å². The predicted octanol–water partition coefficient (Wildman–Crippen LogP) is 2.02. The van der Waals surface area contributed by atoms with Crippen LogP contribution in [0.15, 0.2) is 24.3 Å². The Morgan fingerprint density at radius 1 is 1.27 bits per heavy atom. The minimum absolute atomic E-state index is 0.723. The maximum atomic E-state index is 5.43. The van der Waals surface area contributed by atoms with Gasteiger partial charge in [-0.05, 0) is 48.9 Å². The quantitative estimate of drug-likeness (QED) is 0.794. The highest BCUT2D eigenvalue weighted by atomic mass is 16.5. The first-order valence-electron chi connectivity index (χ1n) is 5.74. The molecule has 80 valence electrons. The molecule has 1 aromatic carbocycles. The van der Waals surface area contributed by atoms with Gasteiger partial charge >= 0.3 is 0 Å². The van der Waals surface area contributed by atoms with Crippen LogP contribution < -0.4 is 10.1 Å². The van der Waals surface area contributed by atoms with Crippen molar-refractivity contribution in [2.24, 2.45) is 11.8 Å². The third-order valence-corrected chi connectivity index (χ3v) is 4.00. The number of hydrogen-bond acceptors (Lipinski definition) is 2. The van der Waals surface area contributed by atoms with Gasteiger partial charge in [0.1, 0.15) is 5.75 Å². The summed E-state index contributed by atoms with van der Waals surface area (Å²) in [7, 11) is 1.77. The highest BCUT2D eigenvalue weighted by molar-refractivity contribution is 5.38. The Hall–Kier alpha value is -1.02. The van der Waals surface area contributed by atoms with Gasteiger partial charge in [-0.15, -0.1) is 0 Å². The van der Waals surface area contributed by atoms with Crippen molar-refractivity contribution in [2.45, 2.75) is 12.3 Å². The van der Waals surface area contributed by atoms with Gasteiger partial charge in [-0.3, -0.25) is 0 Å². The number of para-hydroxylation sites is 1. The Morgan fingerprint density at radius 3 is 2.93 bits per heavy atom. The fourth-order valence-corrected chi connectivity index (χ4v) is 3.12. The third-order valence-electron chi connectivity index (χ3n) is 4.00. The van der Waals surface area contributed by atoms with Gasteiger partial charge in [-0.25, -0.2) is 0 Å². The molecule has 2 heteroatoms. The lowest BCUT2D eigenvalue weighted by Crippen LogP contribution is -2.33. The van der Waals surface area contributed by atoms with Crippen molar-refractivity contribution in [3.8, 4) is 5.75 Å². The Morgan fingerprint density at radius 2 is 2.13 bits per heavy atom. The van der Waals surface area contributed by atoms with Gasteiger partial charge in [0.25, 0.3) is 0 Å². The van der Waals surface area contributed by atoms with Crippen LogP contribution >= 0.6 is 0 Å². The van der Waals surface area contributed by atoms with Gasteiger partial charge in [0.05, 0.1) is 7.11 Å². The monoisotopic (exact) mass is 203 g/mol. The summed E-state index contributed by atoms with van der Waals surface area (Å²) in [5.41, 5.74) is 1.41. The predicted molar refractivity (Wildman–Crippen MR) is 60.2 cm³/mol. The van der Waals surface area contributed by atoms with Gasteiger partial charge in [0, 0.05) is 0 Å². The van der Waals surface area contributed by atoms with Crippen LogP contribution in [0.5, 0.6) is 5.75 Å². The van der Waals surface area contributed by atoms with E-state index in [-0.39, 0.29) is 0 Å². The van der Waals surface area contributed by atoms with Crippen LogP contribution in [0, 0.1) is 11.8 Å². The second kappa shape index (κ2) is 3.53. The molecule has 1 saturated heterocycles. The molecule has 2 fully saturated rings. The Kier molecular flexibility index (Phi) is 2.17. The molecule has 0 radical (unpaired) electrons. The van der Waals surface area contributed by atoms with E-state index in [1.807, 2.05) is 6.07 Å². The summed E-state index contributed by atoms with van der Waals surface area (Å²) in [6.07, 6.45) is 1.33. The summed E-state index contributed by atoms with van der Waals surface area (Å²) in [5.74, 6) is 3.55. The smallest absolute Gasteiger partial charge is 0.122 e. The molecule has 3 rings (SSSR count). The molecule has 0 spiro atoms. The average Bonchev–Trinajstić information content (AvgIpc) is 2.61. The lowest BCUT2D eigenvalue weighted by molar-refractivity contribution is 0.187. The van der Waals surface area contributed by atoms with E-state index >= 15 is 0 Å². The van der Waals surface area contributed by atoms with Crippen molar-refractivity contribution in [1.29, 1.82) is 0 Å². The van der Waals surface area contributed by atoms with Gasteiger partial charge in [0.2, 0.25) is 0 Å². The van der Waals surface area contributed by atoms with Crippen molar-refractivity contribution in [3.63, 3.8) is 0 Å². The van der Waals surface area contributed by atoms with E-state index in [1.54, 1.807) is 7.11 Å². The van der Waals surface area contributed by atoms with Gasteiger partial charge in [0.15, 0.2) is 0 Å². The molecule has 2 nitrogen and oxygen atoms in total. The fraction of sp³-hybridized carbons (Fsp3) is 0.538. The molecule has 1 aliphatic heterocycles. The first kappa shape index (κ1) is 9.22. The van der Waals surface area contributed by atoms with E-state index in [0.717, 1.165) is 23.5 Å². The molecule has 0 bridgehead atoms. The molecule has 0 aromatic heterocycles. The minimum Gasteiger partial charge on any atom is -0.496 e. The van der Waals surface area contributed by atoms with E-state index < -0.39 is 0 Å². The molecular weight excluding hydrogens is 186 g/mol. The topological polar surface area (TPSA) is 21.3 Å². The first-order valence-corrected chi connectivity index (χ1v) is 5.74. The molecule has 1 saturated carbocycles. The Balaban J connectivity index is 1.87. The van der Waals surface area contributed by atoms with Crippen LogP contribution in [0.1, 0.15) is 17.9 Å². The third kappa shape index (κ3) is 1.36. The van der Waals surface area contributed by atoms with Crippen LogP contribution in [0.2, 0.25) is 0 Å². The van der Waals surface area contributed by atoms with E-state index in [2.05, 4.69) is 23.5 Å². The van der Waals surface area contributed by atoms with E-state index in [0.29, 0.717) is 0 Å². The lowest BCUT2D eigenvalue weighted by atomic mass is 9.64. The van der Waals surface area contributed by atoms with Crippen molar-refractivity contribution in [1.82, 2.24) is 5.32 Å². The fourth-order valence-electron chi connectivity index (χ4n) is 3.12. The summed E-state index contributed by atoms with van der Waals surface area (Å²) >= 11 is 0. The maximum absolute atomic E-state index is 5.43. The molecule has 3 atom stereocenters. The highest BCUT2D eigenvalue weighted by Crippen LogP contribution is 2.50. The number of rotatable bonds is 2. The number of hydrogen-bond donors (Lipinski definition) is 1. The van der Waals surface area contributed by atoms with E-state index in [4.69, 9.17) is 4.74 Å². The average molecular weight is 203 g/mol. The van der Waals surface area contributed by atoms with Crippen molar-refractivity contribution >= 4 is 0 Å². The molecule has 15 heavy (non-hydrogen) atoms. The zero-order valence-electron chi connectivity index (χ0n) is 9.07. The zero-order chi connectivity index (χ0) is 10.3. The number of benzene rings is 1. The van der Waals surface area contributed by atoms with Crippen LogP contribution in [-0.2, 0) is 0 Å². The summed E-state index contributed by atoms with van der Waals surface area (Å²) in [4.78, 5) is 0. The maximum Gasteiger partial charge on any atom is 0.122 e. The molecule has 1 heterocycles. The summed E-state index contributed by atoms with van der Waals surface area (Å²) in [5, 5.41) is 3.48. The highest BCUT2D eigenvalue weighted by Gasteiger charge is 2.45.